The molecule has 0 aromatic heterocycles. The van der Waals surface area contributed by atoms with E-state index in [0.29, 0.717) is 5.56 Å². The number of carbonyl (C=O) groups is 3. The molecule has 2 aromatic rings. The van der Waals surface area contributed by atoms with Crippen LogP contribution in [0.3, 0.4) is 0 Å². The van der Waals surface area contributed by atoms with Crippen LogP contribution in [0.15, 0.2) is 53.3 Å². The predicted molar refractivity (Wildman–Crippen MR) is 154 cm³/mol. The highest BCUT2D eigenvalue weighted by molar-refractivity contribution is 6.24. The van der Waals surface area contributed by atoms with Crippen molar-refractivity contribution in [3.63, 3.8) is 0 Å². The number of hydrogen-bond acceptors (Lipinski definition) is 9. The average Bonchev–Trinajstić information content (AvgIpc) is 3.44. The summed E-state index contributed by atoms with van der Waals surface area (Å²) in [4.78, 5) is 43.3. The topological polar surface area (TPSA) is 165 Å². The lowest BCUT2D eigenvalue weighted by Crippen LogP contribution is -2.65. The molecule has 10 heteroatoms. The Labute approximate surface area is 243 Å². The maximum Gasteiger partial charge on any atom is 0.255 e. The summed E-state index contributed by atoms with van der Waals surface area (Å²) in [7, 11) is 3.16. The Kier molecular flexibility index (Phi) is 6.75. The van der Waals surface area contributed by atoms with Crippen LogP contribution in [0.1, 0.15) is 36.0 Å². The summed E-state index contributed by atoms with van der Waals surface area (Å²) in [5.41, 5.74) is 5.35. The number of likely N-dealkylation sites (tertiary alicyclic amines) is 1. The normalized spacial score (nSPS) is 27.8. The Balaban J connectivity index is 1.45. The Morgan fingerprint density at radius 1 is 1.05 bits per heavy atom. The molecular weight excluding hydrogens is 538 g/mol. The summed E-state index contributed by atoms with van der Waals surface area (Å²) >= 11 is 0. The molecular formula is C32H35N3O7. The van der Waals surface area contributed by atoms with Crippen LogP contribution in [0.2, 0.25) is 0 Å². The predicted octanol–water partition coefficient (Wildman–Crippen LogP) is 2.23. The minimum Gasteiger partial charge on any atom is -0.508 e. The van der Waals surface area contributed by atoms with Gasteiger partial charge in [0.1, 0.15) is 22.8 Å². The monoisotopic (exact) mass is 573 g/mol. The van der Waals surface area contributed by atoms with Crippen molar-refractivity contribution in [3.05, 3.63) is 70.0 Å². The minimum atomic E-state index is -2.65. The number of aliphatic hydroxyl groups excluding tert-OH is 2. The number of aliphatic hydroxyl groups is 3. The van der Waals surface area contributed by atoms with Gasteiger partial charge in [0.25, 0.3) is 5.91 Å². The lowest BCUT2D eigenvalue weighted by atomic mass is 9.57. The highest BCUT2D eigenvalue weighted by atomic mass is 16.3. The number of likely N-dealkylation sites (N-methyl/N-ethyl adjacent to an activating group) is 1. The average molecular weight is 574 g/mol. The summed E-state index contributed by atoms with van der Waals surface area (Å²) in [5, 5.41) is 45.1. The van der Waals surface area contributed by atoms with Gasteiger partial charge in [0, 0.05) is 18.0 Å². The number of phenols is 1. The van der Waals surface area contributed by atoms with E-state index in [0.717, 1.165) is 30.8 Å². The summed E-state index contributed by atoms with van der Waals surface area (Å²) in [6.45, 7) is 3.06. The quantitative estimate of drug-likeness (QED) is 0.337. The first kappa shape index (κ1) is 28.1. The zero-order valence-corrected chi connectivity index (χ0v) is 23.6. The van der Waals surface area contributed by atoms with E-state index < -0.39 is 58.0 Å². The SMILES string of the molecule is CN(C)[C@H]1C(=O)C(C(N)=O)=C(O)[C@@]2(O)C(=O)C3=C(O)c4c(O)ccc(-c5ccc(CN6CCCC6)cc5)c4C[C@H]3C[C@@H]12. The molecule has 42 heavy (non-hydrogen) atoms. The van der Waals surface area contributed by atoms with Crippen LogP contribution in [0.5, 0.6) is 5.75 Å². The minimum absolute atomic E-state index is 0.0512. The van der Waals surface area contributed by atoms with Crippen molar-refractivity contribution in [1.29, 1.82) is 0 Å². The number of phenolic OH excluding ortho intramolecular Hbond substituents is 1. The summed E-state index contributed by atoms with van der Waals surface area (Å²) in [5.74, 6) is -6.59. The van der Waals surface area contributed by atoms with E-state index >= 15 is 0 Å². The Hall–Kier alpha value is -3.99. The molecule has 220 valence electrons. The third kappa shape index (κ3) is 4.08. The number of nitrogens with two attached hydrogens (primary N) is 1. The molecule has 6 N–H and O–H groups in total. The molecule has 2 fully saturated rings. The van der Waals surface area contributed by atoms with E-state index in [1.807, 2.05) is 12.1 Å². The second-order valence-corrected chi connectivity index (χ2v) is 12.1. The Morgan fingerprint density at radius 2 is 1.71 bits per heavy atom. The van der Waals surface area contributed by atoms with Gasteiger partial charge in [0.2, 0.25) is 5.78 Å². The van der Waals surface area contributed by atoms with Crippen molar-refractivity contribution in [2.24, 2.45) is 17.6 Å². The van der Waals surface area contributed by atoms with Crippen LogP contribution in [-0.4, -0.2) is 86.5 Å². The lowest BCUT2D eigenvalue weighted by Gasteiger charge is -2.50. The van der Waals surface area contributed by atoms with E-state index in [-0.39, 0.29) is 29.7 Å². The van der Waals surface area contributed by atoms with Gasteiger partial charge in [-0.15, -0.1) is 0 Å². The number of hydrogen-bond donors (Lipinski definition) is 5. The molecule has 2 aromatic carbocycles. The summed E-state index contributed by atoms with van der Waals surface area (Å²) in [6.07, 6.45) is 2.72. The summed E-state index contributed by atoms with van der Waals surface area (Å²) in [6, 6.07) is 10.3. The molecule has 3 aliphatic carbocycles. The van der Waals surface area contributed by atoms with Gasteiger partial charge in [-0.05, 0) is 87.1 Å². The van der Waals surface area contributed by atoms with Crippen molar-refractivity contribution < 1.29 is 34.8 Å². The van der Waals surface area contributed by atoms with Gasteiger partial charge >= 0.3 is 0 Å². The Morgan fingerprint density at radius 3 is 2.33 bits per heavy atom. The fourth-order valence-electron chi connectivity index (χ4n) is 7.50. The third-order valence-electron chi connectivity index (χ3n) is 9.47. The zero-order valence-electron chi connectivity index (χ0n) is 23.6. The maximum absolute atomic E-state index is 14.0. The number of rotatable bonds is 5. The van der Waals surface area contributed by atoms with Crippen molar-refractivity contribution in [1.82, 2.24) is 9.80 Å². The number of nitrogens with zero attached hydrogens (tertiary/aromatic N) is 2. The molecule has 4 atom stereocenters. The first-order valence-electron chi connectivity index (χ1n) is 14.3. The maximum atomic E-state index is 14.0. The first-order valence-corrected chi connectivity index (χ1v) is 14.3. The third-order valence-corrected chi connectivity index (χ3v) is 9.47. The fraction of sp³-hybridized carbons (Fsp3) is 0.406. The number of fused-ring (bicyclic) bond motifs is 3. The number of amides is 1. The number of aromatic hydroxyl groups is 1. The van der Waals surface area contributed by atoms with Gasteiger partial charge in [-0.3, -0.25) is 24.2 Å². The number of Topliss-reactive ketones (excluding diaryl/α,β-unsaturated/α-hetero) is 2. The van der Waals surface area contributed by atoms with Crippen LogP contribution in [0, 0.1) is 11.8 Å². The second-order valence-electron chi connectivity index (χ2n) is 12.1. The second kappa shape index (κ2) is 10.1. The smallest absolute Gasteiger partial charge is 0.255 e. The van der Waals surface area contributed by atoms with Crippen LogP contribution in [0.4, 0.5) is 0 Å². The van der Waals surface area contributed by atoms with Crippen LogP contribution in [-0.2, 0) is 27.3 Å². The zero-order chi connectivity index (χ0) is 30.1. The van der Waals surface area contributed by atoms with Crippen molar-refractivity contribution in [2.45, 2.75) is 43.9 Å². The first-order chi connectivity index (χ1) is 19.9. The number of primary amides is 1. The van der Waals surface area contributed by atoms with Gasteiger partial charge in [-0.2, -0.15) is 0 Å². The van der Waals surface area contributed by atoms with Gasteiger partial charge in [-0.25, -0.2) is 0 Å². The molecule has 0 bridgehead atoms. The van der Waals surface area contributed by atoms with Gasteiger partial charge in [-0.1, -0.05) is 30.3 Å². The van der Waals surface area contributed by atoms with E-state index in [2.05, 4.69) is 17.0 Å². The molecule has 0 spiro atoms. The molecule has 1 saturated heterocycles. The standard InChI is InChI=1S/C32H35N3O7/c1-34(2)26-21-14-18-13-20-19(17-7-5-16(6-8-17)15-35-11-3-4-12-35)9-10-22(36)24(20)27(37)23(18)29(39)32(21,42)30(40)25(28(26)38)31(33)41/h5-10,18,21,26,36-37,40,42H,3-4,11-15H2,1-2H3,(H2,33,41)/t18-,21-,26+,32-/m0/s1. The number of carbonyl (C=O) groups excluding carboxylic acids is 3. The molecule has 0 radical (unpaired) electrons. The largest absolute Gasteiger partial charge is 0.508 e. The van der Waals surface area contributed by atoms with Gasteiger partial charge < -0.3 is 26.2 Å². The van der Waals surface area contributed by atoms with Crippen molar-refractivity contribution >= 4 is 23.2 Å². The van der Waals surface area contributed by atoms with E-state index in [1.54, 1.807) is 20.2 Å². The molecule has 0 unspecified atom stereocenters. The van der Waals surface area contributed by atoms with Crippen molar-refractivity contribution in [2.75, 3.05) is 27.2 Å². The number of ketones is 2. The molecule has 4 aliphatic rings. The fourth-order valence-corrected chi connectivity index (χ4v) is 7.50. The molecule has 10 nitrogen and oxygen atoms in total. The number of benzene rings is 2. The van der Waals surface area contributed by atoms with Crippen LogP contribution >= 0.6 is 0 Å². The van der Waals surface area contributed by atoms with Crippen LogP contribution < -0.4 is 5.73 Å². The highest BCUT2D eigenvalue weighted by Gasteiger charge is 2.64. The molecule has 1 amide bonds. The molecule has 1 saturated carbocycles. The van der Waals surface area contributed by atoms with E-state index in [1.165, 1.54) is 29.4 Å². The van der Waals surface area contributed by atoms with E-state index in [9.17, 15) is 34.8 Å². The summed E-state index contributed by atoms with van der Waals surface area (Å²) < 4.78 is 0. The molecule has 6 rings (SSSR count). The van der Waals surface area contributed by atoms with Crippen molar-refractivity contribution in [3.8, 4) is 16.9 Å². The van der Waals surface area contributed by atoms with Crippen LogP contribution in [0.25, 0.3) is 16.9 Å². The van der Waals surface area contributed by atoms with Gasteiger partial charge in [0.05, 0.1) is 11.6 Å². The molecule has 1 aliphatic heterocycles. The lowest BCUT2D eigenvalue weighted by molar-refractivity contribution is -0.153. The Bertz CT molecular complexity index is 1570. The molecule has 1 heterocycles. The van der Waals surface area contributed by atoms with Gasteiger partial charge in [0.15, 0.2) is 11.4 Å². The van der Waals surface area contributed by atoms with E-state index in [4.69, 9.17) is 5.73 Å². The highest BCUT2D eigenvalue weighted by Crippen LogP contribution is 2.53.